The first-order chi connectivity index (χ1) is 15.0. The molecule has 7 heteroatoms. The lowest BCUT2D eigenvalue weighted by molar-refractivity contribution is -0.128. The number of carbonyl (C=O) groups is 2. The predicted molar refractivity (Wildman–Crippen MR) is 117 cm³/mol. The van der Waals surface area contributed by atoms with Gasteiger partial charge >= 0.3 is 0 Å². The molecule has 1 saturated heterocycles. The van der Waals surface area contributed by atoms with Gasteiger partial charge in [-0.1, -0.05) is 24.3 Å². The molecule has 1 aliphatic rings. The summed E-state index contributed by atoms with van der Waals surface area (Å²) >= 11 is 0. The third kappa shape index (κ3) is 5.04. The number of ether oxygens (including phenoxy) is 2. The monoisotopic (exact) mass is 419 g/mol. The summed E-state index contributed by atoms with van der Waals surface area (Å²) in [5.74, 6) is 0.419. The number of benzene rings is 2. The van der Waals surface area contributed by atoms with Crippen molar-refractivity contribution in [3.05, 3.63) is 59.7 Å². The van der Waals surface area contributed by atoms with E-state index in [-0.39, 0.29) is 17.6 Å². The highest BCUT2D eigenvalue weighted by atomic mass is 16.5. The second kappa shape index (κ2) is 9.81. The van der Waals surface area contributed by atoms with E-state index in [9.17, 15) is 9.59 Å². The molecule has 160 valence electrons. The molecule has 0 spiro atoms. The van der Waals surface area contributed by atoms with E-state index in [4.69, 9.17) is 20.5 Å². The highest BCUT2D eigenvalue weighted by Gasteiger charge is 2.26. The molecule has 0 bridgehead atoms. The molecule has 1 aliphatic heterocycles. The topological polar surface area (TPSA) is 106 Å². The molecule has 2 aromatic rings. The molecule has 2 amide bonds. The largest absolute Gasteiger partial charge is 0.496 e. The molecule has 31 heavy (non-hydrogen) atoms. The highest BCUT2D eigenvalue weighted by Crippen LogP contribution is 2.33. The van der Waals surface area contributed by atoms with Crippen molar-refractivity contribution in [1.29, 1.82) is 5.26 Å². The van der Waals surface area contributed by atoms with Crippen LogP contribution in [-0.4, -0.2) is 43.0 Å². The molecule has 7 nitrogen and oxygen atoms in total. The second-order valence-electron chi connectivity index (χ2n) is 7.23. The Morgan fingerprint density at radius 1 is 1.19 bits per heavy atom. The minimum atomic E-state index is -0.544. The summed E-state index contributed by atoms with van der Waals surface area (Å²) < 4.78 is 11.6. The fourth-order valence-electron chi connectivity index (χ4n) is 3.62. The van der Waals surface area contributed by atoms with Crippen LogP contribution in [-0.2, 0) is 4.79 Å². The van der Waals surface area contributed by atoms with Crippen LogP contribution < -0.4 is 15.2 Å². The van der Waals surface area contributed by atoms with Gasteiger partial charge in [0.05, 0.1) is 7.11 Å². The fourth-order valence-corrected chi connectivity index (χ4v) is 3.62. The van der Waals surface area contributed by atoms with Crippen LogP contribution >= 0.6 is 0 Å². The van der Waals surface area contributed by atoms with Crippen LogP contribution in [0, 0.1) is 11.3 Å². The van der Waals surface area contributed by atoms with Crippen LogP contribution in [0.1, 0.15) is 30.1 Å². The zero-order valence-corrected chi connectivity index (χ0v) is 17.6. The standard InChI is InChI=1S/C24H25N3O4/c1-3-16(15-25)24(29)27-10-8-19(9-11-27)31-20-13-17(12-18(14-20)23(26)28)21-6-4-5-7-22(21)30-2/h3-7,12-14,19H,8-11H2,1-2H3,(H2,26,28)/b16-3+. The minimum Gasteiger partial charge on any atom is -0.496 e. The quantitative estimate of drug-likeness (QED) is 0.571. The van der Waals surface area contributed by atoms with Gasteiger partial charge in [0.1, 0.15) is 29.2 Å². The summed E-state index contributed by atoms with van der Waals surface area (Å²) in [7, 11) is 1.59. The molecule has 1 heterocycles. The fraction of sp³-hybridized carbons (Fsp3) is 0.292. The van der Waals surface area contributed by atoms with Crippen molar-refractivity contribution in [3.63, 3.8) is 0 Å². The van der Waals surface area contributed by atoms with Gasteiger partial charge in [-0.05, 0) is 36.8 Å². The molecule has 1 fully saturated rings. The Morgan fingerprint density at radius 3 is 2.52 bits per heavy atom. The number of methoxy groups -OCH3 is 1. The number of rotatable bonds is 6. The van der Waals surface area contributed by atoms with Gasteiger partial charge in [-0.3, -0.25) is 9.59 Å². The number of allylic oxidation sites excluding steroid dienone is 1. The van der Waals surface area contributed by atoms with Crippen LogP contribution in [0.4, 0.5) is 0 Å². The molecule has 0 unspecified atom stereocenters. The van der Waals surface area contributed by atoms with E-state index < -0.39 is 5.91 Å². The Bertz CT molecular complexity index is 1050. The van der Waals surface area contributed by atoms with E-state index in [1.807, 2.05) is 36.4 Å². The van der Waals surface area contributed by atoms with Crippen LogP contribution in [0.2, 0.25) is 0 Å². The number of piperidine rings is 1. The molecule has 0 atom stereocenters. The first kappa shape index (κ1) is 21.9. The summed E-state index contributed by atoms with van der Waals surface area (Å²) in [5, 5.41) is 9.06. The molecule has 0 aliphatic carbocycles. The van der Waals surface area contributed by atoms with Crippen LogP contribution in [0.3, 0.4) is 0 Å². The third-order valence-electron chi connectivity index (χ3n) is 5.28. The number of nitrogens with zero attached hydrogens (tertiary/aromatic N) is 2. The Morgan fingerprint density at radius 2 is 1.90 bits per heavy atom. The number of primary amides is 1. The van der Waals surface area contributed by atoms with Crippen molar-refractivity contribution in [1.82, 2.24) is 4.90 Å². The number of hydrogen-bond donors (Lipinski definition) is 1. The third-order valence-corrected chi connectivity index (χ3v) is 5.28. The van der Waals surface area contributed by atoms with Gasteiger partial charge in [0, 0.05) is 37.1 Å². The lowest BCUT2D eigenvalue weighted by Gasteiger charge is -2.32. The molecule has 0 saturated carbocycles. The van der Waals surface area contributed by atoms with E-state index in [1.165, 1.54) is 6.08 Å². The number of hydrogen-bond acceptors (Lipinski definition) is 5. The maximum atomic E-state index is 12.3. The van der Waals surface area contributed by atoms with Crippen molar-refractivity contribution in [3.8, 4) is 28.7 Å². The predicted octanol–water partition coefficient (Wildman–Crippen LogP) is 3.30. The number of para-hydroxylation sites is 1. The molecule has 0 radical (unpaired) electrons. The van der Waals surface area contributed by atoms with Crippen molar-refractivity contribution < 1.29 is 19.1 Å². The average molecular weight is 419 g/mol. The number of nitriles is 1. The van der Waals surface area contributed by atoms with Gasteiger partial charge < -0.3 is 20.1 Å². The van der Waals surface area contributed by atoms with Gasteiger partial charge in [0.2, 0.25) is 5.91 Å². The number of carbonyl (C=O) groups excluding carboxylic acids is 2. The van der Waals surface area contributed by atoms with E-state index in [2.05, 4.69) is 0 Å². The Balaban J connectivity index is 1.78. The molecule has 0 aromatic heterocycles. The van der Waals surface area contributed by atoms with E-state index >= 15 is 0 Å². The van der Waals surface area contributed by atoms with Gasteiger partial charge in [0.15, 0.2) is 0 Å². The number of amides is 2. The number of likely N-dealkylation sites (tertiary alicyclic amines) is 1. The lowest BCUT2D eigenvalue weighted by Crippen LogP contribution is -2.42. The van der Waals surface area contributed by atoms with Gasteiger partial charge in [0.25, 0.3) is 5.91 Å². The van der Waals surface area contributed by atoms with Crippen molar-refractivity contribution >= 4 is 11.8 Å². The Hall–Kier alpha value is -3.79. The van der Waals surface area contributed by atoms with E-state index in [1.54, 1.807) is 31.1 Å². The van der Waals surface area contributed by atoms with Crippen LogP contribution in [0.15, 0.2) is 54.1 Å². The van der Waals surface area contributed by atoms with E-state index in [0.29, 0.717) is 43.0 Å². The van der Waals surface area contributed by atoms with Crippen LogP contribution in [0.5, 0.6) is 11.5 Å². The van der Waals surface area contributed by atoms with Crippen molar-refractivity contribution in [2.75, 3.05) is 20.2 Å². The molecule has 3 rings (SSSR count). The second-order valence-corrected chi connectivity index (χ2v) is 7.23. The van der Waals surface area contributed by atoms with E-state index in [0.717, 1.165) is 11.1 Å². The molecular weight excluding hydrogens is 394 g/mol. The maximum Gasteiger partial charge on any atom is 0.264 e. The lowest BCUT2D eigenvalue weighted by atomic mass is 10.0. The average Bonchev–Trinajstić information content (AvgIpc) is 2.80. The summed E-state index contributed by atoms with van der Waals surface area (Å²) in [6, 6.07) is 14.7. The zero-order valence-electron chi connectivity index (χ0n) is 17.6. The summed E-state index contributed by atoms with van der Waals surface area (Å²) in [4.78, 5) is 25.9. The molecule has 2 aromatic carbocycles. The minimum absolute atomic E-state index is 0.117. The summed E-state index contributed by atoms with van der Waals surface area (Å²) in [5.41, 5.74) is 7.63. The maximum absolute atomic E-state index is 12.3. The SMILES string of the molecule is C/C=C(\C#N)C(=O)N1CCC(Oc2cc(C(N)=O)cc(-c3ccccc3OC)c2)CC1. The van der Waals surface area contributed by atoms with Crippen molar-refractivity contribution in [2.24, 2.45) is 5.73 Å². The molecular formula is C24H25N3O4. The Labute approximate surface area is 181 Å². The number of nitrogens with two attached hydrogens (primary N) is 1. The van der Waals surface area contributed by atoms with Crippen LogP contribution in [0.25, 0.3) is 11.1 Å². The normalized spacial score (nSPS) is 14.6. The zero-order chi connectivity index (χ0) is 22.4. The first-order valence-corrected chi connectivity index (χ1v) is 10.1. The smallest absolute Gasteiger partial charge is 0.264 e. The summed E-state index contributed by atoms with van der Waals surface area (Å²) in [6.45, 7) is 2.67. The van der Waals surface area contributed by atoms with Gasteiger partial charge in [-0.2, -0.15) is 5.26 Å². The van der Waals surface area contributed by atoms with Gasteiger partial charge in [-0.25, -0.2) is 0 Å². The van der Waals surface area contributed by atoms with Crippen molar-refractivity contribution in [2.45, 2.75) is 25.9 Å². The molecule has 2 N–H and O–H groups in total. The highest BCUT2D eigenvalue weighted by molar-refractivity contribution is 5.97. The summed E-state index contributed by atoms with van der Waals surface area (Å²) in [6.07, 6.45) is 2.66. The Kier molecular flexibility index (Phi) is 6.93. The first-order valence-electron chi connectivity index (χ1n) is 10.1. The van der Waals surface area contributed by atoms with Gasteiger partial charge in [-0.15, -0.1) is 0 Å².